The van der Waals surface area contributed by atoms with Gasteiger partial charge in [0.15, 0.2) is 0 Å². The Morgan fingerprint density at radius 1 is 1.29 bits per heavy atom. The minimum absolute atomic E-state index is 0.287. The van der Waals surface area contributed by atoms with Crippen LogP contribution >= 0.6 is 0 Å². The molecule has 2 nitrogen and oxygen atoms in total. The van der Waals surface area contributed by atoms with Gasteiger partial charge in [-0.2, -0.15) is 0 Å². The molecule has 0 amide bonds. The van der Waals surface area contributed by atoms with Crippen molar-refractivity contribution in [3.8, 4) is 0 Å². The molecule has 1 rings (SSSR count). The van der Waals surface area contributed by atoms with Crippen LogP contribution in [0.25, 0.3) is 0 Å². The van der Waals surface area contributed by atoms with Gasteiger partial charge in [0, 0.05) is 6.42 Å². The predicted octanol–water partition coefficient (Wildman–Crippen LogP) is 6.48. The third kappa shape index (κ3) is 8.19. The number of hydrogen-bond donors (Lipinski definition) is 2. The van der Waals surface area contributed by atoms with Gasteiger partial charge in [0.1, 0.15) is 5.76 Å². The molecule has 0 aromatic rings. The first-order valence-electron chi connectivity index (χ1n) is 9.66. The molecule has 0 spiro atoms. The number of allylic oxidation sites excluding steroid dienone is 3. The lowest BCUT2D eigenvalue weighted by molar-refractivity contribution is 0.156. The number of rotatable bonds is 9. The molecule has 0 unspecified atom stereocenters. The summed E-state index contributed by atoms with van der Waals surface area (Å²) in [5, 5.41) is 20.0. The Hall–Kier alpha value is -1.02. The highest BCUT2D eigenvalue weighted by atomic mass is 16.3. The number of aliphatic hydroxyl groups is 2. The Labute approximate surface area is 149 Å². The second kappa shape index (κ2) is 10.1. The molecule has 0 radical (unpaired) electrons. The van der Waals surface area contributed by atoms with Crippen molar-refractivity contribution < 1.29 is 10.2 Å². The van der Waals surface area contributed by atoms with E-state index >= 15 is 0 Å². The topological polar surface area (TPSA) is 40.5 Å². The van der Waals surface area contributed by atoms with Crippen molar-refractivity contribution >= 4 is 0 Å². The van der Waals surface area contributed by atoms with Gasteiger partial charge in [-0.3, -0.25) is 0 Å². The molecule has 1 fully saturated rings. The molecule has 0 aliphatic heterocycles. The normalized spacial score (nSPS) is 21.8. The van der Waals surface area contributed by atoms with E-state index in [0.717, 1.165) is 42.7 Å². The van der Waals surface area contributed by atoms with Gasteiger partial charge in [0.2, 0.25) is 0 Å². The second-order valence-corrected chi connectivity index (χ2v) is 8.61. The molecule has 0 aromatic carbocycles. The highest BCUT2D eigenvalue weighted by molar-refractivity contribution is 5.37. The first kappa shape index (κ1) is 21.0. The minimum atomic E-state index is -0.340. The average molecular weight is 335 g/mol. The summed E-state index contributed by atoms with van der Waals surface area (Å²) in [7, 11) is 0. The molecule has 2 heteroatoms. The van der Waals surface area contributed by atoms with Crippen molar-refractivity contribution in [1.29, 1.82) is 0 Å². The molecule has 138 valence electrons. The van der Waals surface area contributed by atoms with Crippen molar-refractivity contribution in [3.63, 3.8) is 0 Å². The van der Waals surface area contributed by atoms with E-state index in [0.29, 0.717) is 11.8 Å². The quantitative estimate of drug-likeness (QED) is 0.374. The largest absolute Gasteiger partial charge is 0.508 e. The smallest absolute Gasteiger partial charge is 0.118 e. The summed E-state index contributed by atoms with van der Waals surface area (Å²) in [5.74, 6) is 1.09. The van der Waals surface area contributed by atoms with Gasteiger partial charge >= 0.3 is 0 Å². The van der Waals surface area contributed by atoms with E-state index in [1.165, 1.54) is 25.7 Å². The number of unbranched alkanes of at least 4 members (excludes halogenated alkanes) is 1. The van der Waals surface area contributed by atoms with Crippen LogP contribution in [0, 0.1) is 11.3 Å². The molecule has 2 N–H and O–H groups in total. The van der Waals surface area contributed by atoms with Crippen LogP contribution < -0.4 is 0 Å². The highest BCUT2D eigenvalue weighted by Gasteiger charge is 2.20. The van der Waals surface area contributed by atoms with Gasteiger partial charge in [-0.05, 0) is 67.1 Å². The summed E-state index contributed by atoms with van der Waals surface area (Å²) in [5.41, 5.74) is 2.21. The maximum Gasteiger partial charge on any atom is 0.118 e. The first-order chi connectivity index (χ1) is 11.2. The molecule has 1 saturated carbocycles. The fourth-order valence-corrected chi connectivity index (χ4v) is 3.37. The molecule has 0 aromatic heterocycles. The third-order valence-corrected chi connectivity index (χ3v) is 5.09. The summed E-state index contributed by atoms with van der Waals surface area (Å²) >= 11 is 0. The van der Waals surface area contributed by atoms with Crippen molar-refractivity contribution in [1.82, 2.24) is 0 Å². The van der Waals surface area contributed by atoms with E-state index in [1.807, 2.05) is 0 Å². The SMILES string of the molecule is C=C1CC[C@H](O)C/C1=C(O)\C=C\CCCC(C)(C)CCCC(C)C. The van der Waals surface area contributed by atoms with Crippen LogP contribution in [0.3, 0.4) is 0 Å². The summed E-state index contributed by atoms with van der Waals surface area (Å²) in [6, 6.07) is 0. The molecule has 1 atom stereocenters. The van der Waals surface area contributed by atoms with Crippen molar-refractivity contribution in [2.75, 3.05) is 0 Å². The molecule has 0 heterocycles. The molecular formula is C22H38O2. The van der Waals surface area contributed by atoms with Gasteiger partial charge in [-0.1, -0.05) is 53.2 Å². The monoisotopic (exact) mass is 334 g/mol. The third-order valence-electron chi connectivity index (χ3n) is 5.09. The minimum Gasteiger partial charge on any atom is -0.508 e. The second-order valence-electron chi connectivity index (χ2n) is 8.61. The van der Waals surface area contributed by atoms with Crippen molar-refractivity contribution in [3.05, 3.63) is 35.6 Å². The highest BCUT2D eigenvalue weighted by Crippen LogP contribution is 2.31. The Morgan fingerprint density at radius 2 is 1.96 bits per heavy atom. The van der Waals surface area contributed by atoms with Crippen LogP contribution in [0.5, 0.6) is 0 Å². The van der Waals surface area contributed by atoms with Crippen LogP contribution in [0.4, 0.5) is 0 Å². The van der Waals surface area contributed by atoms with E-state index in [4.69, 9.17) is 0 Å². The summed E-state index contributed by atoms with van der Waals surface area (Å²) < 4.78 is 0. The number of aliphatic hydroxyl groups excluding tert-OH is 2. The lowest BCUT2D eigenvalue weighted by atomic mass is 9.81. The molecule has 1 aliphatic rings. The van der Waals surface area contributed by atoms with E-state index in [-0.39, 0.29) is 11.9 Å². The maximum atomic E-state index is 10.2. The van der Waals surface area contributed by atoms with Crippen molar-refractivity contribution in [2.24, 2.45) is 11.3 Å². The lowest BCUT2D eigenvalue weighted by Gasteiger charge is -2.24. The van der Waals surface area contributed by atoms with Crippen molar-refractivity contribution in [2.45, 2.75) is 91.6 Å². The molecular weight excluding hydrogens is 296 g/mol. The van der Waals surface area contributed by atoms with Gasteiger partial charge in [0.25, 0.3) is 0 Å². The van der Waals surface area contributed by atoms with Crippen LogP contribution in [0.2, 0.25) is 0 Å². The zero-order valence-electron chi connectivity index (χ0n) is 16.3. The molecule has 24 heavy (non-hydrogen) atoms. The van der Waals surface area contributed by atoms with E-state index in [9.17, 15) is 10.2 Å². The van der Waals surface area contributed by atoms with Crippen LogP contribution in [-0.4, -0.2) is 16.3 Å². The molecule has 1 aliphatic carbocycles. The molecule has 0 saturated heterocycles. The Balaban J connectivity index is 2.35. The van der Waals surface area contributed by atoms with Crippen LogP contribution in [0.15, 0.2) is 35.6 Å². The summed E-state index contributed by atoms with van der Waals surface area (Å²) in [6.45, 7) is 13.3. The number of hydrogen-bond acceptors (Lipinski definition) is 2. The Morgan fingerprint density at radius 3 is 2.62 bits per heavy atom. The van der Waals surface area contributed by atoms with Gasteiger partial charge in [-0.15, -0.1) is 0 Å². The average Bonchev–Trinajstić information content (AvgIpc) is 2.48. The summed E-state index contributed by atoms with van der Waals surface area (Å²) in [6.07, 6.45) is 12.9. The van der Waals surface area contributed by atoms with E-state index in [2.05, 4.69) is 40.3 Å². The van der Waals surface area contributed by atoms with Gasteiger partial charge in [-0.25, -0.2) is 0 Å². The fraction of sp³-hybridized carbons (Fsp3) is 0.727. The Kier molecular flexibility index (Phi) is 8.83. The first-order valence-corrected chi connectivity index (χ1v) is 9.66. The Bertz CT molecular complexity index is 455. The van der Waals surface area contributed by atoms with Gasteiger partial charge < -0.3 is 10.2 Å². The van der Waals surface area contributed by atoms with Crippen LogP contribution in [-0.2, 0) is 0 Å². The molecule has 0 bridgehead atoms. The summed E-state index contributed by atoms with van der Waals surface area (Å²) in [4.78, 5) is 0. The van der Waals surface area contributed by atoms with E-state index in [1.54, 1.807) is 6.08 Å². The standard InChI is InChI=1S/C22H38O2/c1-17(2)10-9-15-22(4,5)14-8-6-7-11-21(24)20-16-19(23)13-12-18(20)3/h7,11,17,19,23-24H,3,6,8-10,12-16H2,1-2,4-5H3/b11-7+,21-20-/t19-/m0/s1. The van der Waals surface area contributed by atoms with E-state index < -0.39 is 0 Å². The predicted molar refractivity (Wildman–Crippen MR) is 104 cm³/mol. The lowest BCUT2D eigenvalue weighted by Crippen LogP contribution is -2.15. The maximum absolute atomic E-state index is 10.2. The van der Waals surface area contributed by atoms with Crippen LogP contribution in [0.1, 0.15) is 85.5 Å². The zero-order valence-corrected chi connectivity index (χ0v) is 16.3. The zero-order chi connectivity index (χ0) is 18.2. The fourth-order valence-electron chi connectivity index (χ4n) is 3.37. The van der Waals surface area contributed by atoms with Gasteiger partial charge in [0.05, 0.1) is 6.10 Å².